The largest absolute Gasteiger partial charge is 0.497 e. The quantitative estimate of drug-likeness (QED) is 0.642. The lowest BCUT2D eigenvalue weighted by atomic mass is 10.0. The Labute approximate surface area is 154 Å². The first kappa shape index (κ1) is 18.0. The summed E-state index contributed by atoms with van der Waals surface area (Å²) in [6.45, 7) is 3.15. The van der Waals surface area contributed by atoms with Gasteiger partial charge < -0.3 is 9.64 Å². The number of nitrogens with zero attached hydrogens (tertiary/aromatic N) is 2. The first-order valence-corrected chi connectivity index (χ1v) is 8.93. The number of fused-ring (bicyclic) bond motifs is 1. The molecule has 0 aromatic heterocycles. The number of methoxy groups -OCH3 is 1. The number of anilines is 1. The topological polar surface area (TPSA) is 53.9 Å². The van der Waals surface area contributed by atoms with Crippen molar-refractivity contribution >= 4 is 17.3 Å². The van der Waals surface area contributed by atoms with Crippen LogP contribution < -0.4 is 15.1 Å². The minimum Gasteiger partial charge on any atom is -0.497 e. The number of aryl methyl sites for hydroxylation is 1. The first-order chi connectivity index (χ1) is 12.7. The number of rotatable bonds is 6. The fourth-order valence-electron chi connectivity index (χ4n) is 3.22. The smallest absolute Gasteiger partial charge is 0.259 e. The van der Waals surface area contributed by atoms with Gasteiger partial charge in [-0.3, -0.25) is 4.79 Å². The molecule has 0 atom stereocenters. The lowest BCUT2D eigenvalue weighted by Crippen LogP contribution is -2.38. The number of para-hydroxylation sites is 1. The van der Waals surface area contributed by atoms with E-state index in [0.717, 1.165) is 42.1 Å². The van der Waals surface area contributed by atoms with Crippen LogP contribution in [0.5, 0.6) is 5.75 Å². The van der Waals surface area contributed by atoms with Gasteiger partial charge in [-0.05, 0) is 49.1 Å². The normalized spacial score (nSPS) is 13.9. The zero-order chi connectivity index (χ0) is 18.4. The van der Waals surface area contributed by atoms with Crippen molar-refractivity contribution in [1.29, 1.82) is 0 Å². The predicted molar refractivity (Wildman–Crippen MR) is 105 cm³/mol. The molecule has 0 unspecified atom stereocenters. The Bertz CT molecular complexity index is 784. The molecule has 1 heterocycles. The highest BCUT2D eigenvalue weighted by Crippen LogP contribution is 2.26. The Morgan fingerprint density at radius 2 is 1.96 bits per heavy atom. The van der Waals surface area contributed by atoms with Gasteiger partial charge in [-0.1, -0.05) is 30.3 Å². The summed E-state index contributed by atoms with van der Waals surface area (Å²) in [5, 5.41) is 4.24. The number of hydrogen-bond donors (Lipinski definition) is 1. The standard InChI is InChI=1S/C21H25N3O2/c1-16(14-17-9-11-19(26-2)12-10-17)22-23-21(25)15-24-13-5-7-18-6-3-4-8-20(18)24/h3-4,6,8-12H,5,7,13-15H2,1-2H3,(H,23,25)/b22-16-. The van der Waals surface area contributed by atoms with E-state index >= 15 is 0 Å². The zero-order valence-electron chi connectivity index (χ0n) is 15.4. The molecule has 0 saturated heterocycles. The predicted octanol–water partition coefficient (Wildman–Crippen LogP) is 3.18. The van der Waals surface area contributed by atoms with E-state index in [4.69, 9.17) is 4.74 Å². The molecule has 1 aliphatic heterocycles. The summed E-state index contributed by atoms with van der Waals surface area (Å²) in [4.78, 5) is 14.4. The molecule has 1 N–H and O–H groups in total. The molecule has 0 radical (unpaired) electrons. The van der Waals surface area contributed by atoms with E-state index in [1.807, 2.05) is 37.3 Å². The van der Waals surface area contributed by atoms with Crippen molar-refractivity contribution in [2.24, 2.45) is 5.10 Å². The molecule has 136 valence electrons. The molecule has 5 nitrogen and oxygen atoms in total. The van der Waals surface area contributed by atoms with Crippen molar-refractivity contribution in [1.82, 2.24) is 5.43 Å². The van der Waals surface area contributed by atoms with Gasteiger partial charge >= 0.3 is 0 Å². The summed E-state index contributed by atoms with van der Waals surface area (Å²) in [7, 11) is 1.65. The number of carbonyl (C=O) groups is 1. The fraction of sp³-hybridized carbons (Fsp3) is 0.333. The van der Waals surface area contributed by atoms with E-state index in [-0.39, 0.29) is 5.91 Å². The van der Waals surface area contributed by atoms with E-state index in [2.05, 4.69) is 33.6 Å². The van der Waals surface area contributed by atoms with Crippen molar-refractivity contribution in [3.05, 3.63) is 59.7 Å². The Hall–Kier alpha value is -2.82. The Kier molecular flexibility index (Phi) is 5.89. The summed E-state index contributed by atoms with van der Waals surface area (Å²) in [6.07, 6.45) is 2.84. The zero-order valence-corrected chi connectivity index (χ0v) is 15.4. The molecule has 2 aromatic rings. The molecule has 0 fully saturated rings. The minimum atomic E-state index is -0.0872. The lowest BCUT2D eigenvalue weighted by molar-refractivity contribution is -0.119. The molecule has 0 aliphatic carbocycles. The summed E-state index contributed by atoms with van der Waals surface area (Å²) >= 11 is 0. The van der Waals surface area contributed by atoms with Crippen molar-refractivity contribution in [2.45, 2.75) is 26.2 Å². The molecule has 26 heavy (non-hydrogen) atoms. The van der Waals surface area contributed by atoms with Crippen LogP contribution in [0.4, 0.5) is 5.69 Å². The van der Waals surface area contributed by atoms with Crippen molar-refractivity contribution in [3.63, 3.8) is 0 Å². The first-order valence-electron chi connectivity index (χ1n) is 8.93. The monoisotopic (exact) mass is 351 g/mol. The third-order valence-corrected chi connectivity index (χ3v) is 4.53. The average Bonchev–Trinajstić information content (AvgIpc) is 2.67. The Morgan fingerprint density at radius 1 is 1.19 bits per heavy atom. The van der Waals surface area contributed by atoms with Gasteiger partial charge in [-0.15, -0.1) is 0 Å². The lowest BCUT2D eigenvalue weighted by Gasteiger charge is -2.30. The highest BCUT2D eigenvalue weighted by Gasteiger charge is 2.18. The number of hydrogen-bond acceptors (Lipinski definition) is 4. The molecular formula is C21H25N3O2. The summed E-state index contributed by atoms with van der Waals surface area (Å²) < 4.78 is 5.16. The van der Waals surface area contributed by atoms with Crippen molar-refractivity contribution in [2.75, 3.05) is 25.1 Å². The maximum absolute atomic E-state index is 12.3. The SMILES string of the molecule is COc1ccc(C/C(C)=N\NC(=O)CN2CCCc3ccccc32)cc1. The van der Waals surface area contributed by atoms with Crippen LogP contribution in [0.1, 0.15) is 24.5 Å². The average molecular weight is 351 g/mol. The second-order valence-electron chi connectivity index (χ2n) is 6.56. The second kappa shape index (κ2) is 8.52. The number of nitrogens with one attached hydrogen (secondary N) is 1. The third kappa shape index (κ3) is 4.63. The van der Waals surface area contributed by atoms with Crippen LogP contribution in [0.2, 0.25) is 0 Å². The fourth-order valence-corrected chi connectivity index (χ4v) is 3.22. The second-order valence-corrected chi connectivity index (χ2v) is 6.56. The highest BCUT2D eigenvalue weighted by atomic mass is 16.5. The van der Waals surface area contributed by atoms with E-state index in [1.165, 1.54) is 5.56 Å². The molecule has 0 bridgehead atoms. The minimum absolute atomic E-state index is 0.0872. The summed E-state index contributed by atoms with van der Waals surface area (Å²) in [6, 6.07) is 16.1. The van der Waals surface area contributed by atoms with Crippen LogP contribution in [-0.4, -0.2) is 31.8 Å². The molecule has 1 amide bonds. The van der Waals surface area contributed by atoms with Gasteiger partial charge in [0.1, 0.15) is 5.75 Å². The summed E-state index contributed by atoms with van der Waals surface area (Å²) in [5.41, 5.74) is 7.15. The Balaban J connectivity index is 1.54. The van der Waals surface area contributed by atoms with Crippen LogP contribution in [0.3, 0.4) is 0 Å². The number of carbonyl (C=O) groups excluding carboxylic acids is 1. The van der Waals surface area contributed by atoms with Gasteiger partial charge in [0, 0.05) is 24.4 Å². The third-order valence-electron chi connectivity index (χ3n) is 4.53. The molecule has 1 aliphatic rings. The maximum atomic E-state index is 12.3. The number of ether oxygens (including phenoxy) is 1. The van der Waals surface area contributed by atoms with Gasteiger partial charge in [0.2, 0.25) is 0 Å². The van der Waals surface area contributed by atoms with Gasteiger partial charge in [-0.2, -0.15) is 5.10 Å². The highest BCUT2D eigenvalue weighted by molar-refractivity contribution is 5.87. The van der Waals surface area contributed by atoms with Crippen LogP contribution in [0, 0.1) is 0 Å². The van der Waals surface area contributed by atoms with E-state index in [9.17, 15) is 4.79 Å². The van der Waals surface area contributed by atoms with Gasteiger partial charge in [0.25, 0.3) is 5.91 Å². The summed E-state index contributed by atoms with van der Waals surface area (Å²) in [5.74, 6) is 0.745. The van der Waals surface area contributed by atoms with Gasteiger partial charge in [0.05, 0.1) is 13.7 Å². The Morgan fingerprint density at radius 3 is 2.73 bits per heavy atom. The molecule has 0 saturated carbocycles. The van der Waals surface area contributed by atoms with E-state index in [1.54, 1.807) is 7.11 Å². The van der Waals surface area contributed by atoms with E-state index in [0.29, 0.717) is 13.0 Å². The van der Waals surface area contributed by atoms with Crippen molar-refractivity contribution in [3.8, 4) is 5.75 Å². The number of amides is 1. The number of hydrazone groups is 1. The van der Waals surface area contributed by atoms with Gasteiger partial charge in [-0.25, -0.2) is 5.43 Å². The molecular weight excluding hydrogens is 326 g/mol. The van der Waals surface area contributed by atoms with E-state index < -0.39 is 0 Å². The molecule has 2 aromatic carbocycles. The van der Waals surface area contributed by atoms with Gasteiger partial charge in [0.15, 0.2) is 0 Å². The molecule has 0 spiro atoms. The molecule has 3 rings (SSSR count). The van der Waals surface area contributed by atoms with Crippen LogP contribution >= 0.6 is 0 Å². The van der Waals surface area contributed by atoms with Crippen LogP contribution in [0.15, 0.2) is 53.6 Å². The van der Waals surface area contributed by atoms with Crippen molar-refractivity contribution < 1.29 is 9.53 Å². The molecule has 5 heteroatoms. The van der Waals surface area contributed by atoms with Crippen LogP contribution in [-0.2, 0) is 17.6 Å². The maximum Gasteiger partial charge on any atom is 0.259 e. The van der Waals surface area contributed by atoms with Crippen LogP contribution in [0.25, 0.3) is 0 Å². The number of benzene rings is 2.